The Bertz CT molecular complexity index is 1250. The van der Waals surface area contributed by atoms with Crippen LogP contribution in [0, 0.1) is 5.41 Å². The lowest BCUT2D eigenvalue weighted by Gasteiger charge is -2.42. The number of aromatic nitrogens is 3. The second-order valence-electron chi connectivity index (χ2n) is 6.90. The molecule has 34 heavy (non-hydrogen) atoms. The summed E-state index contributed by atoms with van der Waals surface area (Å²) in [7, 11) is -3.14. The summed E-state index contributed by atoms with van der Waals surface area (Å²) in [6.07, 6.45) is 0. The predicted octanol–water partition coefficient (Wildman–Crippen LogP) is -1.94. The highest BCUT2D eigenvalue weighted by molar-refractivity contribution is 7.84. The van der Waals surface area contributed by atoms with Gasteiger partial charge in [-0.1, -0.05) is 5.16 Å². The van der Waals surface area contributed by atoms with Gasteiger partial charge in [0.15, 0.2) is 17.5 Å². The number of β-lactam (4-membered cyclic amide) rings is 1. The third-order valence-electron chi connectivity index (χ3n) is 4.54. The molecule has 1 fully saturated rings. The predicted molar refractivity (Wildman–Crippen MR) is 119 cm³/mol. The van der Waals surface area contributed by atoms with E-state index in [4.69, 9.17) is 31.0 Å². The van der Waals surface area contributed by atoms with Crippen molar-refractivity contribution in [3.63, 3.8) is 0 Å². The van der Waals surface area contributed by atoms with Crippen LogP contribution in [0.25, 0.3) is 0 Å². The molecule has 1 aliphatic rings. The Balaban J connectivity index is 1.64. The third kappa shape index (κ3) is 5.24. The lowest BCUT2D eigenvalue weighted by molar-refractivity contribution is -0.143. The maximum Gasteiger partial charge on any atom is 0.362 e. The second-order valence-corrected chi connectivity index (χ2v) is 9.08. The monoisotopic (exact) mass is 515 g/mol. The number of thiazole rings is 1. The van der Waals surface area contributed by atoms with E-state index in [9.17, 15) is 18.0 Å². The van der Waals surface area contributed by atoms with Crippen LogP contribution < -0.4 is 21.5 Å². The highest BCUT2D eigenvalue weighted by Crippen LogP contribution is 2.23. The molecule has 2 aromatic rings. The van der Waals surface area contributed by atoms with Gasteiger partial charge in [-0.15, -0.1) is 11.3 Å². The van der Waals surface area contributed by atoms with Crippen LogP contribution in [0.15, 0.2) is 16.6 Å². The minimum absolute atomic E-state index is 0.00402. The molecular formula is C16H21N9O7S2. The van der Waals surface area contributed by atoms with Crippen LogP contribution in [0.1, 0.15) is 18.3 Å². The van der Waals surface area contributed by atoms with Crippen LogP contribution >= 0.6 is 11.3 Å². The molecule has 1 aliphatic heterocycles. The van der Waals surface area contributed by atoms with Gasteiger partial charge in [0.1, 0.15) is 29.9 Å². The number of aryl methyl sites for hydroxylation is 1. The minimum atomic E-state index is -4.74. The molecule has 1 saturated heterocycles. The zero-order valence-electron chi connectivity index (χ0n) is 17.8. The molecular weight excluding hydrogens is 494 g/mol. The van der Waals surface area contributed by atoms with Crippen LogP contribution in [0.5, 0.6) is 5.88 Å². The molecule has 184 valence electrons. The summed E-state index contributed by atoms with van der Waals surface area (Å²) >= 11 is 1.04. The van der Waals surface area contributed by atoms with Crippen molar-refractivity contribution >= 4 is 50.1 Å². The van der Waals surface area contributed by atoms with Gasteiger partial charge in [-0.25, -0.2) is 14.0 Å². The van der Waals surface area contributed by atoms with E-state index in [2.05, 4.69) is 20.6 Å². The number of ether oxygens (including phenoxy) is 1. The zero-order valence-corrected chi connectivity index (χ0v) is 19.5. The number of rotatable bonds is 10. The van der Waals surface area contributed by atoms with E-state index in [0.717, 1.165) is 11.3 Å². The molecule has 0 unspecified atom stereocenters. The van der Waals surface area contributed by atoms with Crippen LogP contribution in [-0.4, -0.2) is 80.7 Å². The molecule has 0 aromatic carbocycles. The Hall–Kier alpha value is -3.77. The van der Waals surface area contributed by atoms with Gasteiger partial charge in [0.05, 0.1) is 6.04 Å². The summed E-state index contributed by atoms with van der Waals surface area (Å²) in [4.78, 5) is 33.9. The molecule has 3 rings (SSSR count). The quantitative estimate of drug-likeness (QED) is 0.0582. The molecule has 2 aromatic heterocycles. The molecule has 3 heterocycles. The van der Waals surface area contributed by atoms with Gasteiger partial charge in [0.25, 0.3) is 11.8 Å². The highest BCUT2D eigenvalue weighted by Gasteiger charge is 2.51. The molecule has 7 N–H and O–H groups in total. The van der Waals surface area contributed by atoms with Crippen molar-refractivity contribution in [3.05, 3.63) is 22.8 Å². The van der Waals surface area contributed by atoms with Crippen molar-refractivity contribution in [2.45, 2.75) is 19.0 Å². The number of nitrogens with zero attached hydrogens (tertiary/aromatic N) is 5. The molecule has 2 atom stereocenters. The van der Waals surface area contributed by atoms with Crippen LogP contribution in [0.3, 0.4) is 0 Å². The highest BCUT2D eigenvalue weighted by atomic mass is 32.2. The average Bonchev–Trinajstić information content (AvgIpc) is 3.33. The fourth-order valence-electron chi connectivity index (χ4n) is 2.92. The van der Waals surface area contributed by atoms with E-state index in [-0.39, 0.29) is 45.6 Å². The van der Waals surface area contributed by atoms with Crippen molar-refractivity contribution in [1.82, 2.24) is 24.4 Å². The van der Waals surface area contributed by atoms with E-state index in [0.29, 0.717) is 5.88 Å². The maximum atomic E-state index is 12.7. The largest absolute Gasteiger partial charge is 0.474 e. The minimum Gasteiger partial charge on any atom is -0.474 e. The molecule has 0 aliphatic carbocycles. The van der Waals surface area contributed by atoms with Crippen LogP contribution in [0.4, 0.5) is 5.13 Å². The first-order valence-electron chi connectivity index (χ1n) is 9.44. The summed E-state index contributed by atoms with van der Waals surface area (Å²) in [6, 6.07) is -0.754. The maximum absolute atomic E-state index is 12.7. The molecule has 0 radical (unpaired) electrons. The van der Waals surface area contributed by atoms with Crippen LogP contribution in [-0.2, 0) is 31.8 Å². The number of nitrogens with two attached hydrogens (primary N) is 2. The Kier molecular flexibility index (Phi) is 7.03. The average molecular weight is 516 g/mol. The number of amidine groups is 1. The number of oxime groups is 1. The number of anilines is 1. The summed E-state index contributed by atoms with van der Waals surface area (Å²) in [6.45, 7) is 1.23. The molecule has 0 spiro atoms. The van der Waals surface area contributed by atoms with Crippen molar-refractivity contribution in [3.8, 4) is 5.88 Å². The summed E-state index contributed by atoms with van der Waals surface area (Å²) in [5.41, 5.74) is 11.0. The van der Waals surface area contributed by atoms with Gasteiger partial charge in [0.2, 0.25) is 5.88 Å². The number of amides is 2. The number of carbonyl (C=O) groups excluding carboxylic acids is 2. The summed E-state index contributed by atoms with van der Waals surface area (Å²) in [5, 5.41) is 19.1. The fourth-order valence-corrected chi connectivity index (χ4v) is 4.36. The van der Waals surface area contributed by atoms with E-state index < -0.39 is 34.2 Å². The Morgan fingerprint density at radius 1 is 1.41 bits per heavy atom. The van der Waals surface area contributed by atoms with E-state index in [1.54, 1.807) is 7.05 Å². The standard InChI is InChI=1S/C16H21N9O7S2/c1-7-11(15(27)25(7)34(28,29)30)21-14(26)12(9-6-33-16(19)20-9)23-32-4-3-31-10-5-8(13(17)18)22-24(10)2/h5-7,11H,3-4H2,1-2H3,(H3,17,18)(H2,19,20)(H,21,26)(H,28,29,30)/b23-12-/t7-,11-/m0/s1. The first-order chi connectivity index (χ1) is 15.9. The second kappa shape index (κ2) is 9.61. The van der Waals surface area contributed by atoms with Gasteiger partial charge < -0.3 is 26.4 Å². The Morgan fingerprint density at radius 2 is 2.12 bits per heavy atom. The van der Waals surface area contributed by atoms with Gasteiger partial charge in [-0.05, 0) is 6.92 Å². The van der Waals surface area contributed by atoms with E-state index in [1.165, 1.54) is 23.1 Å². The lowest BCUT2D eigenvalue weighted by atomic mass is 10.0. The molecule has 0 bridgehead atoms. The number of carbonyl (C=O) groups is 2. The molecule has 2 amide bonds. The number of nitrogens with one attached hydrogen (secondary N) is 2. The van der Waals surface area contributed by atoms with Crippen molar-refractivity contribution in [2.75, 3.05) is 18.9 Å². The molecule has 0 saturated carbocycles. The number of nitrogen functional groups attached to an aromatic ring is 2. The Labute approximate surface area is 196 Å². The molecule has 16 nitrogen and oxygen atoms in total. The summed E-state index contributed by atoms with van der Waals surface area (Å²) in [5.74, 6) is -1.77. The first kappa shape index (κ1) is 24.9. The van der Waals surface area contributed by atoms with Crippen molar-refractivity contribution in [1.29, 1.82) is 5.41 Å². The zero-order chi connectivity index (χ0) is 25.2. The summed E-state index contributed by atoms with van der Waals surface area (Å²) < 4.78 is 38.6. The van der Waals surface area contributed by atoms with Gasteiger partial charge in [0, 0.05) is 18.5 Å². The van der Waals surface area contributed by atoms with Crippen LogP contribution in [0.2, 0.25) is 0 Å². The normalized spacial score (nSPS) is 18.4. The lowest BCUT2D eigenvalue weighted by Crippen LogP contribution is -2.71. The smallest absolute Gasteiger partial charge is 0.362 e. The third-order valence-corrected chi connectivity index (χ3v) is 6.23. The SMILES string of the molecule is C[C@H]1[C@H](NC(=O)/C(=N\OCCOc2cc(C(=N)N)nn2C)c2csc(N)n2)C(=O)N1S(=O)(=O)O. The van der Waals surface area contributed by atoms with E-state index >= 15 is 0 Å². The van der Waals surface area contributed by atoms with Crippen molar-refractivity contribution in [2.24, 2.45) is 17.9 Å². The number of hydrogen-bond acceptors (Lipinski definition) is 12. The topological polar surface area (TPSA) is 241 Å². The molecule has 18 heteroatoms. The van der Waals surface area contributed by atoms with Gasteiger partial charge in [-0.3, -0.25) is 19.6 Å². The van der Waals surface area contributed by atoms with Gasteiger partial charge in [-0.2, -0.15) is 13.5 Å². The van der Waals surface area contributed by atoms with Gasteiger partial charge >= 0.3 is 10.3 Å². The number of hydrogen-bond donors (Lipinski definition) is 5. The Morgan fingerprint density at radius 3 is 2.65 bits per heavy atom. The fraction of sp³-hybridized carbons (Fsp3) is 0.375. The van der Waals surface area contributed by atoms with E-state index in [1.807, 2.05) is 0 Å². The first-order valence-corrected chi connectivity index (χ1v) is 11.7. The van der Waals surface area contributed by atoms with Crippen molar-refractivity contribution < 1.29 is 32.1 Å².